The molecule has 2 aromatic rings. The second kappa shape index (κ2) is 7.49. The number of hydrogen-bond acceptors (Lipinski definition) is 4. The van der Waals surface area contributed by atoms with Gasteiger partial charge in [-0.3, -0.25) is 4.79 Å². The molecule has 0 bridgehead atoms. The van der Waals surface area contributed by atoms with Crippen LogP contribution < -0.4 is 10.6 Å². The molecule has 0 unspecified atom stereocenters. The van der Waals surface area contributed by atoms with E-state index in [4.69, 9.17) is 0 Å². The lowest BCUT2D eigenvalue weighted by Crippen LogP contribution is -2.31. The van der Waals surface area contributed by atoms with E-state index in [2.05, 4.69) is 29.7 Å². The Bertz CT molecular complexity index is 787. The van der Waals surface area contributed by atoms with Crippen LogP contribution in [0.4, 0.5) is 11.4 Å². The third kappa shape index (κ3) is 4.83. The van der Waals surface area contributed by atoms with Gasteiger partial charge in [0.05, 0.1) is 0 Å². The number of sulfone groups is 1. The van der Waals surface area contributed by atoms with Crippen molar-refractivity contribution in [3.8, 4) is 0 Å². The number of carbonyl (C=O) groups is 1. The molecule has 0 aromatic heterocycles. The summed E-state index contributed by atoms with van der Waals surface area (Å²) in [6.07, 6.45) is 1.05. The maximum Gasteiger partial charge on any atom is 0.242 e. The van der Waals surface area contributed by atoms with Crippen LogP contribution in [0.2, 0.25) is 0 Å². The molecule has 24 heavy (non-hydrogen) atoms. The number of nitrogens with one attached hydrogen (secondary N) is 2. The second-order valence-electron chi connectivity index (χ2n) is 5.82. The molecule has 2 atom stereocenters. The zero-order chi connectivity index (χ0) is 17.7. The molecule has 2 aromatic carbocycles. The van der Waals surface area contributed by atoms with E-state index in [0.29, 0.717) is 5.69 Å². The van der Waals surface area contributed by atoms with E-state index >= 15 is 0 Å². The molecule has 0 aliphatic rings. The van der Waals surface area contributed by atoms with Gasteiger partial charge in [0.2, 0.25) is 5.91 Å². The molecule has 0 saturated heterocycles. The predicted molar refractivity (Wildman–Crippen MR) is 97.9 cm³/mol. The van der Waals surface area contributed by atoms with E-state index < -0.39 is 21.0 Å². The van der Waals surface area contributed by atoms with Crippen molar-refractivity contribution in [2.75, 3.05) is 16.9 Å². The smallest absolute Gasteiger partial charge is 0.242 e. The highest BCUT2D eigenvalue weighted by molar-refractivity contribution is 7.92. The van der Waals surface area contributed by atoms with Crippen LogP contribution in [0.15, 0.2) is 54.6 Å². The van der Waals surface area contributed by atoms with Gasteiger partial charge in [-0.25, -0.2) is 8.42 Å². The summed E-state index contributed by atoms with van der Waals surface area (Å²) in [5.74, 6) is -0.532. The number of anilines is 2. The van der Waals surface area contributed by atoms with Crippen LogP contribution in [0.25, 0.3) is 0 Å². The summed E-state index contributed by atoms with van der Waals surface area (Å²) in [6.45, 7) is 3.45. The molecule has 0 radical (unpaired) electrons. The van der Waals surface area contributed by atoms with E-state index in [1.165, 1.54) is 12.5 Å². The van der Waals surface area contributed by atoms with Gasteiger partial charge in [0.25, 0.3) is 0 Å². The third-order valence-electron chi connectivity index (χ3n) is 3.85. The van der Waals surface area contributed by atoms with Gasteiger partial charge in [0, 0.05) is 23.7 Å². The van der Waals surface area contributed by atoms with Gasteiger partial charge in [-0.15, -0.1) is 0 Å². The highest BCUT2D eigenvalue weighted by atomic mass is 32.2. The van der Waals surface area contributed by atoms with Crippen molar-refractivity contribution >= 4 is 27.1 Å². The number of hydrogen-bond donors (Lipinski definition) is 2. The van der Waals surface area contributed by atoms with Gasteiger partial charge in [0.1, 0.15) is 5.25 Å². The first kappa shape index (κ1) is 18.0. The van der Waals surface area contributed by atoms with Crippen molar-refractivity contribution in [2.45, 2.75) is 25.1 Å². The van der Waals surface area contributed by atoms with Crippen molar-refractivity contribution in [3.63, 3.8) is 0 Å². The van der Waals surface area contributed by atoms with Crippen LogP contribution in [0.1, 0.15) is 25.5 Å². The molecule has 0 heterocycles. The maximum atomic E-state index is 11.9. The quantitative estimate of drug-likeness (QED) is 0.842. The lowest BCUT2D eigenvalue weighted by atomic mass is 10.1. The third-order valence-corrected chi connectivity index (χ3v) is 5.35. The monoisotopic (exact) mass is 346 g/mol. The highest BCUT2D eigenvalue weighted by Crippen LogP contribution is 2.20. The van der Waals surface area contributed by atoms with E-state index in [0.717, 1.165) is 11.9 Å². The molecular formula is C18H22N2O3S. The Balaban J connectivity index is 1.99. The first-order chi connectivity index (χ1) is 11.3. The molecule has 6 heteroatoms. The summed E-state index contributed by atoms with van der Waals surface area (Å²) in [5, 5.41) is 4.92. The second-order valence-corrected chi connectivity index (χ2v) is 8.18. The summed E-state index contributed by atoms with van der Waals surface area (Å²) < 4.78 is 22.8. The largest absolute Gasteiger partial charge is 0.379 e. The van der Waals surface area contributed by atoms with Crippen LogP contribution in [0.5, 0.6) is 0 Å². The van der Waals surface area contributed by atoms with E-state index in [1.807, 2.05) is 30.3 Å². The van der Waals surface area contributed by atoms with Crippen molar-refractivity contribution < 1.29 is 13.2 Å². The molecule has 0 aliphatic carbocycles. The molecule has 2 rings (SSSR count). The molecule has 0 saturated carbocycles. The maximum absolute atomic E-state index is 11.9. The van der Waals surface area contributed by atoms with Gasteiger partial charge in [0.15, 0.2) is 9.84 Å². The zero-order valence-corrected chi connectivity index (χ0v) is 14.8. The van der Waals surface area contributed by atoms with Crippen LogP contribution in [-0.2, 0) is 14.6 Å². The van der Waals surface area contributed by atoms with Crippen molar-refractivity contribution in [2.24, 2.45) is 0 Å². The van der Waals surface area contributed by atoms with Crippen LogP contribution in [0, 0.1) is 0 Å². The topological polar surface area (TPSA) is 75.3 Å². The standard InChI is InChI=1S/C18H22N2O3S/c1-13(15-7-5-4-6-8-15)19-16-9-11-17(12-10-16)20-18(21)14(2)24(3,22)23/h4-14,19H,1-3H3,(H,20,21)/t13-,14+/m0/s1. The number of carbonyl (C=O) groups excluding carboxylic acids is 1. The lowest BCUT2D eigenvalue weighted by molar-refractivity contribution is -0.115. The fourth-order valence-electron chi connectivity index (χ4n) is 2.16. The van der Waals surface area contributed by atoms with Crippen molar-refractivity contribution in [1.29, 1.82) is 0 Å². The van der Waals surface area contributed by atoms with Crippen LogP contribution >= 0.6 is 0 Å². The summed E-state index contributed by atoms with van der Waals surface area (Å²) in [5.41, 5.74) is 2.66. The molecular weight excluding hydrogens is 324 g/mol. The normalized spacial score (nSPS) is 13.8. The average Bonchev–Trinajstić information content (AvgIpc) is 2.55. The predicted octanol–water partition coefficient (Wildman–Crippen LogP) is 3.23. The lowest BCUT2D eigenvalue weighted by Gasteiger charge is -2.16. The summed E-state index contributed by atoms with van der Waals surface area (Å²) >= 11 is 0. The van der Waals surface area contributed by atoms with Gasteiger partial charge < -0.3 is 10.6 Å². The molecule has 0 aliphatic heterocycles. The Morgan fingerprint density at radius 1 is 0.917 bits per heavy atom. The molecule has 5 nitrogen and oxygen atoms in total. The molecule has 1 amide bonds. The number of benzene rings is 2. The highest BCUT2D eigenvalue weighted by Gasteiger charge is 2.23. The average molecular weight is 346 g/mol. The number of rotatable bonds is 6. The van der Waals surface area contributed by atoms with Crippen molar-refractivity contribution in [3.05, 3.63) is 60.2 Å². The number of amides is 1. The molecule has 0 fully saturated rings. The van der Waals surface area contributed by atoms with Crippen LogP contribution in [-0.4, -0.2) is 25.8 Å². The van der Waals surface area contributed by atoms with E-state index in [1.54, 1.807) is 12.1 Å². The van der Waals surface area contributed by atoms with Crippen LogP contribution in [0.3, 0.4) is 0 Å². The molecule has 0 spiro atoms. The SMILES string of the molecule is C[C@H](Nc1ccc(NC(=O)[C@@H](C)S(C)(=O)=O)cc1)c1ccccc1. The minimum atomic E-state index is -3.40. The Labute approximate surface area is 143 Å². The van der Waals surface area contributed by atoms with Crippen molar-refractivity contribution in [1.82, 2.24) is 0 Å². The molecule has 128 valence electrons. The Morgan fingerprint density at radius 2 is 1.46 bits per heavy atom. The summed E-state index contributed by atoms with van der Waals surface area (Å²) in [4.78, 5) is 11.9. The first-order valence-corrected chi connectivity index (χ1v) is 9.64. The van der Waals surface area contributed by atoms with Gasteiger partial charge >= 0.3 is 0 Å². The summed E-state index contributed by atoms with van der Waals surface area (Å²) in [7, 11) is -3.40. The van der Waals surface area contributed by atoms with Gasteiger partial charge in [-0.05, 0) is 43.7 Å². The minimum Gasteiger partial charge on any atom is -0.379 e. The minimum absolute atomic E-state index is 0.150. The fraction of sp³-hybridized carbons (Fsp3) is 0.278. The summed E-state index contributed by atoms with van der Waals surface area (Å²) in [6, 6.07) is 17.4. The van der Waals surface area contributed by atoms with E-state index in [-0.39, 0.29) is 6.04 Å². The first-order valence-electron chi connectivity index (χ1n) is 7.68. The Hall–Kier alpha value is -2.34. The Kier molecular flexibility index (Phi) is 5.62. The molecule has 2 N–H and O–H groups in total. The van der Waals surface area contributed by atoms with Gasteiger partial charge in [-0.2, -0.15) is 0 Å². The van der Waals surface area contributed by atoms with Gasteiger partial charge in [-0.1, -0.05) is 30.3 Å². The van der Waals surface area contributed by atoms with E-state index in [9.17, 15) is 13.2 Å². The fourth-order valence-corrected chi connectivity index (χ4v) is 2.61. The Morgan fingerprint density at radius 3 is 2.00 bits per heavy atom. The zero-order valence-electron chi connectivity index (χ0n) is 14.0.